The van der Waals surface area contributed by atoms with Crippen molar-refractivity contribution in [1.29, 1.82) is 0 Å². The van der Waals surface area contributed by atoms with E-state index < -0.39 is 0 Å². The second-order valence-corrected chi connectivity index (χ2v) is 4.25. The highest BCUT2D eigenvalue weighted by molar-refractivity contribution is 5.73. The fraction of sp³-hybridized carbons (Fsp3) is 0.312. The molecule has 0 amide bonds. The van der Waals surface area contributed by atoms with E-state index in [0.717, 1.165) is 17.1 Å². The highest BCUT2D eigenvalue weighted by Gasteiger charge is 2.17. The summed E-state index contributed by atoms with van der Waals surface area (Å²) in [7, 11) is 0. The molecule has 18 heavy (non-hydrogen) atoms. The standard InChI is InChI=1S/C14H13NO.C2H6/c1-9-3-5-12-11(7-9)8-16-14-13(12)6-4-10(2)15-14;1-2/h3-7H,8H2,1-2H3;1-2H3. The predicted octanol–water partition coefficient (Wildman–Crippen LogP) is 4.28. The maximum absolute atomic E-state index is 5.67. The Hall–Kier alpha value is -1.83. The first-order valence-corrected chi connectivity index (χ1v) is 6.44. The summed E-state index contributed by atoms with van der Waals surface area (Å²) < 4.78 is 5.67. The van der Waals surface area contributed by atoms with Crippen molar-refractivity contribution < 1.29 is 4.74 Å². The van der Waals surface area contributed by atoms with Crippen LogP contribution in [0.15, 0.2) is 30.3 Å². The third-order valence-electron chi connectivity index (χ3n) is 2.91. The van der Waals surface area contributed by atoms with E-state index in [9.17, 15) is 0 Å². The average Bonchev–Trinajstić information content (AvgIpc) is 2.40. The maximum Gasteiger partial charge on any atom is 0.221 e. The quantitative estimate of drug-likeness (QED) is 0.686. The van der Waals surface area contributed by atoms with E-state index in [2.05, 4.69) is 36.2 Å². The van der Waals surface area contributed by atoms with Crippen molar-refractivity contribution in [2.75, 3.05) is 0 Å². The van der Waals surface area contributed by atoms with Gasteiger partial charge in [0.25, 0.3) is 0 Å². The summed E-state index contributed by atoms with van der Waals surface area (Å²) >= 11 is 0. The number of pyridine rings is 1. The summed E-state index contributed by atoms with van der Waals surface area (Å²) in [5, 5.41) is 0. The molecule has 0 aliphatic carbocycles. The van der Waals surface area contributed by atoms with E-state index >= 15 is 0 Å². The average molecular weight is 241 g/mol. The highest BCUT2D eigenvalue weighted by atomic mass is 16.5. The van der Waals surface area contributed by atoms with E-state index in [0.29, 0.717) is 6.61 Å². The lowest BCUT2D eigenvalue weighted by molar-refractivity contribution is 0.289. The predicted molar refractivity (Wildman–Crippen MR) is 74.8 cm³/mol. The summed E-state index contributed by atoms with van der Waals surface area (Å²) in [5.41, 5.74) is 5.87. The Morgan fingerprint density at radius 2 is 1.72 bits per heavy atom. The van der Waals surface area contributed by atoms with Crippen molar-refractivity contribution in [3.05, 3.63) is 47.2 Å². The van der Waals surface area contributed by atoms with Crippen LogP contribution < -0.4 is 4.74 Å². The van der Waals surface area contributed by atoms with Gasteiger partial charge in [-0.25, -0.2) is 4.98 Å². The van der Waals surface area contributed by atoms with Gasteiger partial charge in [-0.3, -0.25) is 0 Å². The first-order valence-electron chi connectivity index (χ1n) is 6.44. The minimum Gasteiger partial charge on any atom is -0.472 e. The lowest BCUT2D eigenvalue weighted by Crippen LogP contribution is -2.07. The summed E-state index contributed by atoms with van der Waals surface area (Å²) in [4.78, 5) is 4.41. The van der Waals surface area contributed by atoms with E-state index in [1.54, 1.807) is 0 Å². The van der Waals surface area contributed by atoms with Gasteiger partial charge < -0.3 is 4.74 Å². The van der Waals surface area contributed by atoms with Crippen LogP contribution in [0.4, 0.5) is 0 Å². The molecule has 94 valence electrons. The molecular formula is C16H19NO. The van der Waals surface area contributed by atoms with Gasteiger partial charge in [-0.1, -0.05) is 37.6 Å². The van der Waals surface area contributed by atoms with Crippen LogP contribution in [0.1, 0.15) is 30.7 Å². The monoisotopic (exact) mass is 241 g/mol. The third kappa shape index (κ3) is 2.23. The van der Waals surface area contributed by atoms with Crippen LogP contribution in [0, 0.1) is 13.8 Å². The number of benzene rings is 1. The number of nitrogens with zero attached hydrogens (tertiary/aromatic N) is 1. The number of aryl methyl sites for hydroxylation is 2. The van der Waals surface area contributed by atoms with Crippen LogP contribution in [0.5, 0.6) is 5.88 Å². The third-order valence-corrected chi connectivity index (χ3v) is 2.91. The minimum atomic E-state index is 0.625. The van der Waals surface area contributed by atoms with Gasteiger partial charge in [0.2, 0.25) is 5.88 Å². The molecule has 0 fully saturated rings. The smallest absolute Gasteiger partial charge is 0.221 e. The van der Waals surface area contributed by atoms with Gasteiger partial charge in [0.1, 0.15) is 6.61 Å². The lowest BCUT2D eigenvalue weighted by atomic mass is 9.97. The van der Waals surface area contributed by atoms with Gasteiger partial charge >= 0.3 is 0 Å². The zero-order chi connectivity index (χ0) is 13.1. The zero-order valence-corrected chi connectivity index (χ0v) is 11.4. The number of rotatable bonds is 0. The second-order valence-electron chi connectivity index (χ2n) is 4.25. The molecule has 2 aromatic rings. The van der Waals surface area contributed by atoms with Gasteiger partial charge in [0, 0.05) is 11.3 Å². The van der Waals surface area contributed by atoms with Gasteiger partial charge in [0.05, 0.1) is 0 Å². The Balaban J connectivity index is 0.000000574. The molecule has 2 heteroatoms. The molecule has 0 bridgehead atoms. The van der Waals surface area contributed by atoms with Crippen LogP contribution in [0.3, 0.4) is 0 Å². The Kier molecular flexibility index (Phi) is 3.66. The van der Waals surface area contributed by atoms with E-state index in [1.165, 1.54) is 16.7 Å². The molecular weight excluding hydrogens is 222 g/mol. The number of aromatic nitrogens is 1. The highest BCUT2D eigenvalue weighted by Crippen LogP contribution is 2.36. The minimum absolute atomic E-state index is 0.625. The fourth-order valence-corrected chi connectivity index (χ4v) is 2.10. The van der Waals surface area contributed by atoms with Crippen molar-refractivity contribution in [2.24, 2.45) is 0 Å². The number of fused-ring (bicyclic) bond motifs is 3. The molecule has 0 N–H and O–H groups in total. The first kappa shape index (κ1) is 12.6. The Morgan fingerprint density at radius 1 is 1.00 bits per heavy atom. The van der Waals surface area contributed by atoms with Crippen LogP contribution in [-0.4, -0.2) is 4.98 Å². The summed E-state index contributed by atoms with van der Waals surface area (Å²) in [6.45, 7) is 8.71. The maximum atomic E-state index is 5.67. The van der Waals surface area contributed by atoms with Gasteiger partial charge in [0.15, 0.2) is 0 Å². The van der Waals surface area contributed by atoms with Crippen molar-refractivity contribution in [3.8, 4) is 17.0 Å². The molecule has 0 radical (unpaired) electrons. The molecule has 2 heterocycles. The topological polar surface area (TPSA) is 22.1 Å². The molecule has 1 aromatic carbocycles. The lowest BCUT2D eigenvalue weighted by Gasteiger charge is -2.20. The summed E-state index contributed by atoms with van der Waals surface area (Å²) in [5.74, 6) is 0.761. The largest absolute Gasteiger partial charge is 0.472 e. The van der Waals surface area contributed by atoms with Crippen LogP contribution in [-0.2, 0) is 6.61 Å². The van der Waals surface area contributed by atoms with Gasteiger partial charge in [-0.15, -0.1) is 0 Å². The summed E-state index contributed by atoms with van der Waals surface area (Å²) in [6, 6.07) is 10.6. The van der Waals surface area contributed by atoms with Gasteiger partial charge in [-0.05, 0) is 37.1 Å². The molecule has 1 aromatic heterocycles. The van der Waals surface area contributed by atoms with Crippen molar-refractivity contribution in [1.82, 2.24) is 4.98 Å². The molecule has 0 saturated carbocycles. The Bertz CT molecular complexity index is 510. The van der Waals surface area contributed by atoms with Crippen LogP contribution in [0.25, 0.3) is 11.1 Å². The molecule has 0 atom stereocenters. The van der Waals surface area contributed by atoms with E-state index in [1.807, 2.05) is 26.8 Å². The van der Waals surface area contributed by atoms with E-state index in [4.69, 9.17) is 4.74 Å². The molecule has 0 saturated heterocycles. The molecule has 1 aliphatic heterocycles. The Labute approximate surface area is 109 Å². The normalized spacial score (nSPS) is 11.6. The molecule has 3 rings (SSSR count). The van der Waals surface area contributed by atoms with Crippen molar-refractivity contribution >= 4 is 0 Å². The fourth-order valence-electron chi connectivity index (χ4n) is 2.10. The first-order chi connectivity index (χ1) is 8.74. The Morgan fingerprint density at radius 3 is 2.50 bits per heavy atom. The van der Waals surface area contributed by atoms with Crippen LogP contribution >= 0.6 is 0 Å². The number of hydrogen-bond donors (Lipinski definition) is 0. The van der Waals surface area contributed by atoms with Crippen LogP contribution in [0.2, 0.25) is 0 Å². The van der Waals surface area contributed by atoms with Crippen molar-refractivity contribution in [2.45, 2.75) is 34.3 Å². The second kappa shape index (κ2) is 5.21. The molecule has 1 aliphatic rings. The van der Waals surface area contributed by atoms with Gasteiger partial charge in [-0.2, -0.15) is 0 Å². The number of hydrogen-bond acceptors (Lipinski definition) is 2. The number of ether oxygens (including phenoxy) is 1. The SMILES string of the molecule is CC.Cc1ccc2c(c1)COc1nc(C)ccc1-2. The summed E-state index contributed by atoms with van der Waals surface area (Å²) in [6.07, 6.45) is 0. The molecule has 2 nitrogen and oxygen atoms in total. The zero-order valence-electron chi connectivity index (χ0n) is 11.4. The van der Waals surface area contributed by atoms with Crippen molar-refractivity contribution in [3.63, 3.8) is 0 Å². The van der Waals surface area contributed by atoms with E-state index in [-0.39, 0.29) is 0 Å². The molecule has 0 spiro atoms. The molecule has 0 unspecified atom stereocenters.